The molecule has 1 aromatic heterocycles. The van der Waals surface area contributed by atoms with Crippen molar-refractivity contribution in [3.05, 3.63) is 47.2 Å². The van der Waals surface area contributed by atoms with E-state index in [9.17, 15) is 0 Å². The van der Waals surface area contributed by atoms with E-state index in [1.165, 1.54) is 0 Å². The summed E-state index contributed by atoms with van der Waals surface area (Å²) in [6.07, 6.45) is 1.79. The number of aliphatic imine (C=N–C) groups is 1. The molecule has 7 nitrogen and oxygen atoms in total. The largest absolute Gasteiger partial charge is 0.491 e. The van der Waals surface area contributed by atoms with Crippen molar-refractivity contribution in [1.82, 2.24) is 15.6 Å². The van der Waals surface area contributed by atoms with Crippen molar-refractivity contribution in [2.24, 2.45) is 4.99 Å². The summed E-state index contributed by atoms with van der Waals surface area (Å²) < 4.78 is 17.1. The Bertz CT molecular complexity index is 809. The van der Waals surface area contributed by atoms with Crippen molar-refractivity contribution in [2.45, 2.75) is 60.0 Å². The molecule has 1 aromatic carbocycles. The van der Waals surface area contributed by atoms with E-state index in [-0.39, 0.29) is 5.41 Å². The molecule has 0 unspecified atom stereocenters. The standard InChI is InChI=1S/C23H36N4O3/c1-7-24-22(27-16-21-25-15-20(30-21)23(4,5)6)26-14-18-10-9-17(3)13-19(18)29-12-11-28-8-2/h9-10,13,15H,7-8,11-12,14,16H2,1-6H3,(H2,24,26,27). The number of nitrogens with one attached hydrogen (secondary N) is 2. The summed E-state index contributed by atoms with van der Waals surface area (Å²) in [5, 5.41) is 6.54. The summed E-state index contributed by atoms with van der Waals surface area (Å²) in [6, 6.07) is 6.17. The van der Waals surface area contributed by atoms with Crippen LogP contribution in [0.25, 0.3) is 0 Å². The molecular formula is C23H36N4O3. The number of ether oxygens (including phenoxy) is 2. The van der Waals surface area contributed by atoms with E-state index in [1.54, 1.807) is 6.20 Å². The first-order valence-electron chi connectivity index (χ1n) is 10.6. The maximum Gasteiger partial charge on any atom is 0.213 e. The zero-order valence-electron chi connectivity index (χ0n) is 19.2. The number of benzene rings is 1. The Hall–Kier alpha value is -2.54. The maximum absolute atomic E-state index is 5.92. The van der Waals surface area contributed by atoms with Crippen LogP contribution in [0.1, 0.15) is 57.4 Å². The van der Waals surface area contributed by atoms with Gasteiger partial charge in [0, 0.05) is 24.1 Å². The monoisotopic (exact) mass is 416 g/mol. The molecule has 0 bridgehead atoms. The van der Waals surface area contributed by atoms with Gasteiger partial charge >= 0.3 is 0 Å². The van der Waals surface area contributed by atoms with Gasteiger partial charge in [-0.2, -0.15) is 0 Å². The zero-order valence-corrected chi connectivity index (χ0v) is 19.2. The van der Waals surface area contributed by atoms with Crippen LogP contribution in [0.3, 0.4) is 0 Å². The first kappa shape index (κ1) is 23.7. The molecule has 166 valence electrons. The van der Waals surface area contributed by atoms with Crippen molar-refractivity contribution < 1.29 is 13.9 Å². The van der Waals surface area contributed by atoms with E-state index in [1.807, 2.05) is 19.9 Å². The van der Waals surface area contributed by atoms with E-state index < -0.39 is 0 Å². The highest BCUT2D eigenvalue weighted by atomic mass is 16.5. The van der Waals surface area contributed by atoms with Crippen molar-refractivity contribution >= 4 is 5.96 Å². The molecule has 0 saturated carbocycles. The molecule has 0 aliphatic carbocycles. The molecule has 0 amide bonds. The summed E-state index contributed by atoms with van der Waals surface area (Å²) >= 11 is 0. The Labute approximate surface area is 180 Å². The SMILES string of the molecule is CCNC(=NCc1ccc(C)cc1OCCOCC)NCc1ncc(C(C)(C)C)o1. The van der Waals surface area contributed by atoms with E-state index in [4.69, 9.17) is 18.9 Å². The molecule has 0 saturated heterocycles. The number of guanidine groups is 1. The summed E-state index contributed by atoms with van der Waals surface area (Å²) in [7, 11) is 0. The number of aryl methyl sites for hydroxylation is 1. The number of hydrogen-bond acceptors (Lipinski definition) is 5. The highest BCUT2D eigenvalue weighted by Gasteiger charge is 2.19. The zero-order chi connectivity index (χ0) is 22.0. The highest BCUT2D eigenvalue weighted by molar-refractivity contribution is 5.79. The van der Waals surface area contributed by atoms with Gasteiger partial charge in [-0.1, -0.05) is 32.9 Å². The summed E-state index contributed by atoms with van der Waals surface area (Å²) in [6.45, 7) is 15.9. The molecule has 0 aliphatic heterocycles. The third-order valence-corrected chi connectivity index (χ3v) is 4.36. The van der Waals surface area contributed by atoms with Gasteiger partial charge < -0.3 is 24.5 Å². The van der Waals surface area contributed by atoms with Gasteiger partial charge in [-0.25, -0.2) is 9.98 Å². The summed E-state index contributed by atoms with van der Waals surface area (Å²) in [4.78, 5) is 9.06. The Kier molecular flexibility index (Phi) is 9.17. The van der Waals surface area contributed by atoms with Crippen LogP contribution in [0.5, 0.6) is 5.75 Å². The normalized spacial score (nSPS) is 12.1. The number of hydrogen-bond donors (Lipinski definition) is 2. The second kappa shape index (κ2) is 11.6. The number of aromatic nitrogens is 1. The molecule has 7 heteroatoms. The van der Waals surface area contributed by atoms with Crippen LogP contribution >= 0.6 is 0 Å². The minimum Gasteiger partial charge on any atom is -0.491 e. The smallest absolute Gasteiger partial charge is 0.213 e. The molecule has 0 fully saturated rings. The molecule has 2 N–H and O–H groups in total. The van der Waals surface area contributed by atoms with Crippen LogP contribution < -0.4 is 15.4 Å². The fourth-order valence-electron chi connectivity index (χ4n) is 2.69. The Morgan fingerprint density at radius 3 is 2.63 bits per heavy atom. The van der Waals surface area contributed by atoms with Gasteiger partial charge in [0.15, 0.2) is 5.96 Å². The lowest BCUT2D eigenvalue weighted by atomic mass is 9.94. The quantitative estimate of drug-likeness (QED) is 0.347. The van der Waals surface area contributed by atoms with Crippen LogP contribution in [0.15, 0.2) is 33.8 Å². The third kappa shape index (κ3) is 7.71. The lowest BCUT2D eigenvalue weighted by Gasteiger charge is -2.14. The molecule has 30 heavy (non-hydrogen) atoms. The van der Waals surface area contributed by atoms with Gasteiger partial charge in [-0.05, 0) is 32.4 Å². The second-order valence-corrected chi connectivity index (χ2v) is 8.07. The highest BCUT2D eigenvalue weighted by Crippen LogP contribution is 2.23. The Balaban J connectivity index is 2.02. The lowest BCUT2D eigenvalue weighted by molar-refractivity contribution is 0.110. The number of rotatable bonds is 10. The number of nitrogens with zero attached hydrogens (tertiary/aromatic N) is 2. The second-order valence-electron chi connectivity index (χ2n) is 8.07. The third-order valence-electron chi connectivity index (χ3n) is 4.36. The number of oxazole rings is 1. The summed E-state index contributed by atoms with van der Waals surface area (Å²) in [5.74, 6) is 3.06. The van der Waals surface area contributed by atoms with Crippen LogP contribution in [-0.2, 0) is 23.2 Å². The van der Waals surface area contributed by atoms with Crippen molar-refractivity contribution in [3.63, 3.8) is 0 Å². The molecule has 0 radical (unpaired) electrons. The topological polar surface area (TPSA) is 80.9 Å². The molecule has 0 aliphatic rings. The minimum absolute atomic E-state index is 0.0617. The molecule has 0 spiro atoms. The van der Waals surface area contributed by atoms with Gasteiger partial charge in [-0.3, -0.25) is 0 Å². The van der Waals surface area contributed by atoms with Crippen molar-refractivity contribution in [2.75, 3.05) is 26.4 Å². The van der Waals surface area contributed by atoms with Gasteiger partial charge in [0.25, 0.3) is 0 Å². The molecule has 2 rings (SSSR count). The Morgan fingerprint density at radius 2 is 1.97 bits per heavy atom. The van der Waals surface area contributed by atoms with Crippen LogP contribution in [0, 0.1) is 6.92 Å². The Morgan fingerprint density at radius 1 is 1.17 bits per heavy atom. The first-order chi connectivity index (χ1) is 14.3. The van der Waals surface area contributed by atoms with Gasteiger partial charge in [-0.15, -0.1) is 0 Å². The minimum atomic E-state index is -0.0617. The van der Waals surface area contributed by atoms with Crippen molar-refractivity contribution in [1.29, 1.82) is 0 Å². The first-order valence-corrected chi connectivity index (χ1v) is 10.6. The fourth-order valence-corrected chi connectivity index (χ4v) is 2.69. The summed E-state index contributed by atoms with van der Waals surface area (Å²) in [5.41, 5.74) is 2.12. The molecule has 2 aromatic rings. The maximum atomic E-state index is 5.92. The van der Waals surface area contributed by atoms with Crippen LogP contribution in [-0.4, -0.2) is 37.3 Å². The average molecular weight is 417 g/mol. The van der Waals surface area contributed by atoms with Crippen LogP contribution in [0.4, 0.5) is 0 Å². The van der Waals surface area contributed by atoms with E-state index in [2.05, 4.69) is 55.4 Å². The van der Waals surface area contributed by atoms with Gasteiger partial charge in [0.1, 0.15) is 18.1 Å². The van der Waals surface area contributed by atoms with Crippen LogP contribution in [0.2, 0.25) is 0 Å². The predicted octanol–water partition coefficient (Wildman–Crippen LogP) is 3.95. The van der Waals surface area contributed by atoms with E-state index in [0.29, 0.717) is 44.8 Å². The van der Waals surface area contributed by atoms with Gasteiger partial charge in [0.2, 0.25) is 5.89 Å². The van der Waals surface area contributed by atoms with E-state index in [0.717, 1.165) is 29.2 Å². The fraction of sp³-hybridized carbons (Fsp3) is 0.565. The lowest BCUT2D eigenvalue weighted by Crippen LogP contribution is -2.36. The molecule has 0 atom stereocenters. The molecular weight excluding hydrogens is 380 g/mol. The van der Waals surface area contributed by atoms with Gasteiger partial charge in [0.05, 0.1) is 25.9 Å². The average Bonchev–Trinajstić information content (AvgIpc) is 3.18. The van der Waals surface area contributed by atoms with Crippen molar-refractivity contribution in [3.8, 4) is 5.75 Å². The molecule has 1 heterocycles. The predicted molar refractivity (Wildman–Crippen MR) is 120 cm³/mol. The van der Waals surface area contributed by atoms with E-state index >= 15 is 0 Å².